The molecule has 0 saturated heterocycles. The molecule has 0 fully saturated rings. The van der Waals surface area contributed by atoms with Crippen LogP contribution in [0.15, 0.2) is 0 Å². The number of hydrogen-bond acceptors (Lipinski definition) is 5. The molecule has 1 rings (SSSR count). The second-order valence-corrected chi connectivity index (χ2v) is 6.97. The van der Waals surface area contributed by atoms with Crippen LogP contribution in [0.25, 0.3) is 0 Å². The van der Waals surface area contributed by atoms with Crippen molar-refractivity contribution in [3.8, 4) is 0 Å². The molecule has 0 amide bonds. The number of nitrogens with one attached hydrogen (secondary N) is 1. The summed E-state index contributed by atoms with van der Waals surface area (Å²) in [5, 5.41) is 3.45. The second kappa shape index (κ2) is 6.46. The van der Waals surface area contributed by atoms with E-state index in [0.29, 0.717) is 11.9 Å². The van der Waals surface area contributed by atoms with Gasteiger partial charge < -0.3 is 11.1 Å². The Morgan fingerprint density at radius 2 is 1.95 bits per heavy atom. The lowest BCUT2D eigenvalue weighted by Crippen LogP contribution is -2.22. The second-order valence-electron chi connectivity index (χ2n) is 5.98. The first-order valence-electron chi connectivity index (χ1n) is 6.65. The third-order valence-corrected chi connectivity index (χ3v) is 3.64. The van der Waals surface area contributed by atoms with Gasteiger partial charge in [0.15, 0.2) is 0 Å². The monoisotopic (exact) mass is 282 g/mol. The highest BCUT2D eigenvalue weighted by atomic mass is 32.2. The molecule has 0 radical (unpaired) electrons. The van der Waals surface area contributed by atoms with E-state index < -0.39 is 0 Å². The Balaban J connectivity index is 2.96. The van der Waals surface area contributed by atoms with Crippen LogP contribution in [0.2, 0.25) is 0 Å². The Morgan fingerprint density at radius 3 is 2.47 bits per heavy atom. The van der Waals surface area contributed by atoms with Gasteiger partial charge in [0.2, 0.25) is 0 Å². The molecule has 0 aliphatic heterocycles. The Hall–Kier alpha value is -0.970. The van der Waals surface area contributed by atoms with Crippen LogP contribution < -0.4 is 11.1 Å². The van der Waals surface area contributed by atoms with Crippen LogP contribution in [-0.4, -0.2) is 28.0 Å². The predicted molar refractivity (Wildman–Crippen MR) is 86.0 cm³/mol. The van der Waals surface area contributed by atoms with Crippen molar-refractivity contribution in [1.29, 1.82) is 0 Å². The van der Waals surface area contributed by atoms with Crippen LogP contribution >= 0.6 is 11.8 Å². The van der Waals surface area contributed by atoms with Gasteiger partial charge >= 0.3 is 0 Å². The normalized spacial score (nSPS) is 13.4. The Morgan fingerprint density at radius 1 is 1.32 bits per heavy atom. The molecule has 0 aromatic carbocycles. The minimum atomic E-state index is -0.0965. The van der Waals surface area contributed by atoms with E-state index in [1.165, 1.54) is 0 Å². The van der Waals surface area contributed by atoms with E-state index in [1.807, 2.05) is 18.7 Å². The molecule has 108 valence electrons. The first kappa shape index (κ1) is 16.1. The van der Waals surface area contributed by atoms with Gasteiger partial charge in [-0.2, -0.15) is 11.8 Å². The highest BCUT2D eigenvalue weighted by molar-refractivity contribution is 7.98. The summed E-state index contributed by atoms with van der Waals surface area (Å²) in [7, 11) is 0. The molecule has 5 heteroatoms. The summed E-state index contributed by atoms with van der Waals surface area (Å²) in [5.74, 6) is 3.36. The van der Waals surface area contributed by atoms with Gasteiger partial charge in [-0.25, -0.2) is 9.97 Å². The van der Waals surface area contributed by atoms with Crippen LogP contribution in [0.4, 0.5) is 11.6 Å². The first-order chi connectivity index (χ1) is 8.75. The molecule has 1 aromatic heterocycles. The Bertz CT molecular complexity index is 426. The molecule has 0 aliphatic rings. The summed E-state index contributed by atoms with van der Waals surface area (Å²) in [6, 6.07) is 0.383. The standard InChI is InChI=1S/C14H26N4S/c1-9(7-8-19-6)16-12-10(2)11(15)17-13(18-12)14(3,4)5/h9H,7-8H2,1-6H3,(H3,15,16,17,18). The van der Waals surface area contributed by atoms with E-state index >= 15 is 0 Å². The zero-order valence-electron chi connectivity index (χ0n) is 12.9. The van der Waals surface area contributed by atoms with Crippen LogP contribution in [0.3, 0.4) is 0 Å². The number of hydrogen-bond donors (Lipinski definition) is 2. The molecule has 1 unspecified atom stereocenters. The van der Waals surface area contributed by atoms with Crippen LogP contribution in [0.5, 0.6) is 0 Å². The molecule has 0 bridgehead atoms. The topological polar surface area (TPSA) is 63.8 Å². The average Bonchev–Trinajstić information content (AvgIpc) is 2.30. The predicted octanol–water partition coefficient (Wildman–Crippen LogP) is 3.22. The number of rotatable bonds is 5. The van der Waals surface area contributed by atoms with Crippen molar-refractivity contribution in [3.05, 3.63) is 11.4 Å². The van der Waals surface area contributed by atoms with E-state index in [0.717, 1.165) is 29.4 Å². The minimum absolute atomic E-state index is 0.0965. The average molecular weight is 282 g/mol. The van der Waals surface area contributed by atoms with E-state index in [1.54, 1.807) is 0 Å². The van der Waals surface area contributed by atoms with Gasteiger partial charge in [-0.15, -0.1) is 0 Å². The summed E-state index contributed by atoms with van der Waals surface area (Å²) >= 11 is 1.86. The molecule has 1 atom stereocenters. The van der Waals surface area contributed by atoms with Crippen molar-refractivity contribution in [1.82, 2.24) is 9.97 Å². The van der Waals surface area contributed by atoms with E-state index in [2.05, 4.69) is 49.2 Å². The zero-order chi connectivity index (χ0) is 14.6. The molecule has 1 aromatic rings. The van der Waals surface area contributed by atoms with E-state index in [-0.39, 0.29) is 5.41 Å². The van der Waals surface area contributed by atoms with Crippen molar-refractivity contribution in [2.24, 2.45) is 0 Å². The number of anilines is 2. The molecule has 0 spiro atoms. The highest BCUT2D eigenvalue weighted by Crippen LogP contribution is 2.25. The quantitative estimate of drug-likeness (QED) is 0.868. The molecule has 4 nitrogen and oxygen atoms in total. The zero-order valence-corrected chi connectivity index (χ0v) is 13.7. The molecular weight excluding hydrogens is 256 g/mol. The summed E-state index contributed by atoms with van der Waals surface area (Å²) in [4.78, 5) is 9.04. The maximum atomic E-state index is 6.00. The Labute approximate surface area is 121 Å². The lowest BCUT2D eigenvalue weighted by molar-refractivity contribution is 0.546. The minimum Gasteiger partial charge on any atom is -0.383 e. The maximum absolute atomic E-state index is 6.00. The Kier molecular flexibility index (Phi) is 5.47. The van der Waals surface area contributed by atoms with Crippen molar-refractivity contribution in [3.63, 3.8) is 0 Å². The van der Waals surface area contributed by atoms with Crippen molar-refractivity contribution < 1.29 is 0 Å². The van der Waals surface area contributed by atoms with Gasteiger partial charge in [-0.05, 0) is 32.3 Å². The smallest absolute Gasteiger partial charge is 0.138 e. The number of nitrogens with zero attached hydrogens (tertiary/aromatic N) is 2. The number of nitrogen functional groups attached to an aromatic ring is 1. The number of aromatic nitrogens is 2. The summed E-state index contributed by atoms with van der Waals surface area (Å²) in [6.07, 6.45) is 3.23. The lowest BCUT2D eigenvalue weighted by atomic mass is 9.95. The first-order valence-corrected chi connectivity index (χ1v) is 8.05. The fourth-order valence-electron chi connectivity index (χ4n) is 1.61. The van der Waals surface area contributed by atoms with Gasteiger partial charge in [0.05, 0.1) is 0 Å². The molecular formula is C14H26N4S. The number of nitrogens with two attached hydrogens (primary N) is 1. The van der Waals surface area contributed by atoms with Gasteiger partial charge in [-0.3, -0.25) is 0 Å². The van der Waals surface area contributed by atoms with Crippen LogP contribution in [0.1, 0.15) is 45.5 Å². The van der Waals surface area contributed by atoms with E-state index in [4.69, 9.17) is 5.73 Å². The van der Waals surface area contributed by atoms with Crippen LogP contribution in [-0.2, 0) is 5.41 Å². The summed E-state index contributed by atoms with van der Waals surface area (Å²) in [5.41, 5.74) is 6.84. The highest BCUT2D eigenvalue weighted by Gasteiger charge is 2.20. The van der Waals surface area contributed by atoms with Crippen molar-refractivity contribution >= 4 is 23.4 Å². The van der Waals surface area contributed by atoms with Gasteiger partial charge in [0.1, 0.15) is 17.5 Å². The molecule has 0 saturated carbocycles. The largest absolute Gasteiger partial charge is 0.383 e. The van der Waals surface area contributed by atoms with Crippen LogP contribution in [0, 0.1) is 6.92 Å². The SMILES string of the molecule is CSCCC(C)Nc1nc(C(C)(C)C)nc(N)c1C. The van der Waals surface area contributed by atoms with Gasteiger partial charge in [0.25, 0.3) is 0 Å². The number of thioether (sulfide) groups is 1. The molecule has 1 heterocycles. The van der Waals surface area contributed by atoms with E-state index in [9.17, 15) is 0 Å². The summed E-state index contributed by atoms with van der Waals surface area (Å²) in [6.45, 7) is 10.4. The van der Waals surface area contributed by atoms with Gasteiger partial charge in [-0.1, -0.05) is 20.8 Å². The van der Waals surface area contributed by atoms with Crippen molar-refractivity contribution in [2.45, 2.75) is 52.5 Å². The van der Waals surface area contributed by atoms with Crippen molar-refractivity contribution in [2.75, 3.05) is 23.1 Å². The molecule has 19 heavy (non-hydrogen) atoms. The lowest BCUT2D eigenvalue weighted by Gasteiger charge is -2.21. The molecule has 0 aliphatic carbocycles. The third kappa shape index (κ3) is 4.56. The summed E-state index contributed by atoms with van der Waals surface area (Å²) < 4.78 is 0. The fraction of sp³-hybridized carbons (Fsp3) is 0.714. The third-order valence-electron chi connectivity index (χ3n) is 2.99. The maximum Gasteiger partial charge on any atom is 0.138 e. The van der Waals surface area contributed by atoms with Gasteiger partial charge in [0, 0.05) is 17.0 Å². The molecule has 3 N–H and O–H groups in total. The fourth-order valence-corrected chi connectivity index (χ4v) is 2.20.